The molecule has 24 heavy (non-hydrogen) atoms. The number of piperidine rings is 1. The van der Waals surface area contributed by atoms with Crippen LogP contribution in [0.4, 0.5) is 0 Å². The molecule has 0 aromatic heterocycles. The smallest absolute Gasteiger partial charge is 0.234 e. The van der Waals surface area contributed by atoms with Crippen molar-refractivity contribution in [1.29, 1.82) is 0 Å². The maximum absolute atomic E-state index is 11.9. The Balaban J connectivity index is 1.24. The Morgan fingerprint density at radius 2 is 1.79 bits per heavy atom. The SMILES string of the molecule is O=C(CCCCCCc1ccc2c(c1)OCO2)NN1CCCCC1. The van der Waals surface area contributed by atoms with Crippen LogP contribution >= 0.6 is 0 Å². The summed E-state index contributed by atoms with van der Waals surface area (Å²) in [5.41, 5.74) is 4.32. The molecule has 3 rings (SSSR count). The normalized spacial score (nSPS) is 17.0. The number of hydrogen-bond acceptors (Lipinski definition) is 4. The molecule has 132 valence electrons. The molecule has 0 bridgehead atoms. The Labute approximate surface area is 144 Å². The highest BCUT2D eigenvalue weighted by molar-refractivity contribution is 5.75. The van der Waals surface area contributed by atoms with Crippen molar-refractivity contribution >= 4 is 5.91 Å². The zero-order valence-corrected chi connectivity index (χ0v) is 14.4. The minimum absolute atomic E-state index is 0.174. The molecule has 2 aliphatic rings. The summed E-state index contributed by atoms with van der Waals surface area (Å²) in [5, 5.41) is 2.07. The summed E-state index contributed by atoms with van der Waals surface area (Å²) in [6, 6.07) is 6.18. The topological polar surface area (TPSA) is 50.8 Å². The van der Waals surface area contributed by atoms with E-state index in [0.29, 0.717) is 13.2 Å². The summed E-state index contributed by atoms with van der Waals surface area (Å²) in [6.45, 7) is 2.33. The Bertz CT molecular complexity index is 541. The van der Waals surface area contributed by atoms with Gasteiger partial charge in [-0.1, -0.05) is 25.3 Å². The fraction of sp³-hybridized carbons (Fsp3) is 0.632. The molecular formula is C19H28N2O3. The van der Waals surface area contributed by atoms with Crippen LogP contribution in [0.2, 0.25) is 0 Å². The van der Waals surface area contributed by atoms with Crippen LogP contribution in [0.5, 0.6) is 11.5 Å². The van der Waals surface area contributed by atoms with Crippen LogP contribution in [0.3, 0.4) is 0 Å². The minimum atomic E-state index is 0.174. The lowest BCUT2D eigenvalue weighted by Crippen LogP contribution is -2.44. The standard InChI is InChI=1S/C19H28N2O3/c22-19(20-21-12-6-3-7-13-21)9-5-2-1-4-8-16-10-11-17-18(14-16)24-15-23-17/h10-11,14H,1-9,12-13,15H2,(H,20,22). The van der Waals surface area contributed by atoms with E-state index >= 15 is 0 Å². The highest BCUT2D eigenvalue weighted by Gasteiger charge is 2.13. The molecule has 1 aromatic carbocycles. The fourth-order valence-electron chi connectivity index (χ4n) is 3.30. The number of nitrogens with zero attached hydrogens (tertiary/aromatic N) is 1. The van der Waals surface area contributed by atoms with Gasteiger partial charge in [-0.05, 0) is 49.8 Å². The Hall–Kier alpha value is -1.75. The molecule has 2 aliphatic heterocycles. The van der Waals surface area contributed by atoms with Gasteiger partial charge in [0.15, 0.2) is 11.5 Å². The molecule has 0 radical (unpaired) electrons. The minimum Gasteiger partial charge on any atom is -0.454 e. The summed E-state index contributed by atoms with van der Waals surface area (Å²) in [6.07, 6.45) is 9.75. The Kier molecular flexibility index (Phi) is 6.35. The quantitative estimate of drug-likeness (QED) is 0.741. The lowest BCUT2D eigenvalue weighted by Gasteiger charge is -2.26. The number of unbranched alkanes of at least 4 members (excludes halogenated alkanes) is 3. The predicted octanol–water partition coefficient (Wildman–Crippen LogP) is 3.43. The molecule has 0 aliphatic carbocycles. The Morgan fingerprint density at radius 3 is 2.67 bits per heavy atom. The van der Waals surface area contributed by atoms with E-state index in [9.17, 15) is 4.79 Å². The zero-order valence-electron chi connectivity index (χ0n) is 14.4. The number of carbonyl (C=O) groups excluding carboxylic acids is 1. The van der Waals surface area contributed by atoms with Gasteiger partial charge < -0.3 is 9.47 Å². The van der Waals surface area contributed by atoms with Gasteiger partial charge >= 0.3 is 0 Å². The Morgan fingerprint density at radius 1 is 1.00 bits per heavy atom. The van der Waals surface area contributed by atoms with Crippen LogP contribution in [0.25, 0.3) is 0 Å². The average Bonchev–Trinajstić information content (AvgIpc) is 3.06. The van der Waals surface area contributed by atoms with Gasteiger partial charge in [0.05, 0.1) is 0 Å². The van der Waals surface area contributed by atoms with E-state index in [2.05, 4.69) is 22.6 Å². The molecule has 0 saturated carbocycles. The third kappa shape index (κ3) is 5.13. The predicted molar refractivity (Wildman–Crippen MR) is 92.9 cm³/mol. The first-order valence-corrected chi connectivity index (χ1v) is 9.24. The van der Waals surface area contributed by atoms with Crippen LogP contribution in [0, 0.1) is 0 Å². The lowest BCUT2D eigenvalue weighted by atomic mass is 10.0. The first kappa shape index (κ1) is 17.1. The van der Waals surface area contributed by atoms with Gasteiger partial charge in [-0.15, -0.1) is 0 Å². The maximum Gasteiger partial charge on any atom is 0.234 e. The van der Waals surface area contributed by atoms with Crippen LogP contribution < -0.4 is 14.9 Å². The average molecular weight is 332 g/mol. The highest BCUT2D eigenvalue weighted by atomic mass is 16.7. The summed E-state index contributed by atoms with van der Waals surface area (Å²) in [5.74, 6) is 1.88. The van der Waals surface area contributed by atoms with Crippen molar-refractivity contribution < 1.29 is 14.3 Å². The van der Waals surface area contributed by atoms with E-state index in [-0.39, 0.29) is 5.91 Å². The second-order valence-corrected chi connectivity index (χ2v) is 6.68. The van der Waals surface area contributed by atoms with Crippen LogP contribution in [0.1, 0.15) is 56.9 Å². The molecule has 5 heteroatoms. The second-order valence-electron chi connectivity index (χ2n) is 6.68. The highest BCUT2D eigenvalue weighted by Crippen LogP contribution is 2.32. The molecule has 2 heterocycles. The van der Waals surface area contributed by atoms with E-state index in [4.69, 9.17) is 9.47 Å². The molecule has 0 spiro atoms. The summed E-state index contributed by atoms with van der Waals surface area (Å²) < 4.78 is 10.7. The molecule has 0 unspecified atom stereocenters. The number of hydrazine groups is 1. The first-order valence-electron chi connectivity index (χ1n) is 9.24. The summed E-state index contributed by atoms with van der Waals surface area (Å²) in [7, 11) is 0. The van der Waals surface area contributed by atoms with Crippen LogP contribution in [-0.4, -0.2) is 30.8 Å². The van der Waals surface area contributed by atoms with Gasteiger partial charge in [0.25, 0.3) is 0 Å². The molecule has 5 nitrogen and oxygen atoms in total. The first-order chi connectivity index (χ1) is 11.8. The van der Waals surface area contributed by atoms with Crippen molar-refractivity contribution in [3.05, 3.63) is 23.8 Å². The van der Waals surface area contributed by atoms with E-state index in [1.165, 1.54) is 24.8 Å². The number of carbonyl (C=O) groups is 1. The van der Waals surface area contributed by atoms with Crippen molar-refractivity contribution in [2.24, 2.45) is 0 Å². The zero-order chi connectivity index (χ0) is 16.6. The molecule has 1 aromatic rings. The van der Waals surface area contributed by atoms with Gasteiger partial charge in [0.2, 0.25) is 12.7 Å². The van der Waals surface area contributed by atoms with Crippen LogP contribution in [0.15, 0.2) is 18.2 Å². The number of nitrogens with one attached hydrogen (secondary N) is 1. The van der Waals surface area contributed by atoms with Gasteiger partial charge in [-0.2, -0.15) is 0 Å². The van der Waals surface area contributed by atoms with Crippen molar-refractivity contribution in [3.8, 4) is 11.5 Å². The van der Waals surface area contributed by atoms with Crippen molar-refractivity contribution in [2.75, 3.05) is 19.9 Å². The molecule has 1 saturated heterocycles. The van der Waals surface area contributed by atoms with Crippen LogP contribution in [-0.2, 0) is 11.2 Å². The maximum atomic E-state index is 11.9. The van der Waals surface area contributed by atoms with Crippen molar-refractivity contribution in [1.82, 2.24) is 10.4 Å². The van der Waals surface area contributed by atoms with E-state index in [0.717, 1.165) is 56.7 Å². The van der Waals surface area contributed by atoms with Crippen molar-refractivity contribution in [3.63, 3.8) is 0 Å². The molecule has 1 fully saturated rings. The fourth-order valence-corrected chi connectivity index (χ4v) is 3.30. The van der Waals surface area contributed by atoms with Gasteiger partial charge in [0.1, 0.15) is 0 Å². The van der Waals surface area contributed by atoms with Gasteiger partial charge in [-0.25, -0.2) is 5.01 Å². The number of amides is 1. The molecular weight excluding hydrogens is 304 g/mol. The number of ether oxygens (including phenoxy) is 2. The number of fused-ring (bicyclic) bond motifs is 1. The van der Waals surface area contributed by atoms with Gasteiger partial charge in [0, 0.05) is 19.5 Å². The third-order valence-corrected chi connectivity index (χ3v) is 4.70. The summed E-state index contributed by atoms with van der Waals surface area (Å²) in [4.78, 5) is 11.9. The van der Waals surface area contributed by atoms with E-state index < -0.39 is 0 Å². The lowest BCUT2D eigenvalue weighted by molar-refractivity contribution is -0.126. The summed E-state index contributed by atoms with van der Waals surface area (Å²) >= 11 is 0. The number of aryl methyl sites for hydroxylation is 1. The molecule has 1 amide bonds. The number of hydrogen-bond donors (Lipinski definition) is 1. The largest absolute Gasteiger partial charge is 0.454 e. The van der Waals surface area contributed by atoms with E-state index in [1.807, 2.05) is 6.07 Å². The van der Waals surface area contributed by atoms with E-state index in [1.54, 1.807) is 0 Å². The number of rotatable bonds is 8. The van der Waals surface area contributed by atoms with Gasteiger partial charge in [-0.3, -0.25) is 10.2 Å². The molecule has 1 N–H and O–H groups in total. The third-order valence-electron chi connectivity index (χ3n) is 4.70. The second kappa shape index (κ2) is 8.92. The molecule has 0 atom stereocenters. The monoisotopic (exact) mass is 332 g/mol. The number of benzene rings is 1. The van der Waals surface area contributed by atoms with Crippen molar-refractivity contribution in [2.45, 2.75) is 57.8 Å².